The van der Waals surface area contributed by atoms with E-state index in [4.69, 9.17) is 16.6 Å². The quantitative estimate of drug-likeness (QED) is 0.480. The van der Waals surface area contributed by atoms with Crippen molar-refractivity contribution < 1.29 is 4.79 Å². The lowest BCUT2D eigenvalue weighted by molar-refractivity contribution is 0.555. The summed E-state index contributed by atoms with van der Waals surface area (Å²) in [7, 11) is 0. The summed E-state index contributed by atoms with van der Waals surface area (Å²) in [5, 5.41) is 0. The average Bonchev–Trinajstić information content (AvgIpc) is 1.41. The van der Waals surface area contributed by atoms with Crippen LogP contribution in [-0.4, -0.2) is 12.8 Å². The second-order valence-electron chi connectivity index (χ2n) is 0.455. The van der Waals surface area contributed by atoms with E-state index in [0.717, 1.165) is 0 Å². The van der Waals surface area contributed by atoms with Crippen molar-refractivity contribution in [2.24, 2.45) is 0 Å². The van der Waals surface area contributed by atoms with E-state index >= 15 is 0 Å². The molecule has 1 N–H and O–H groups in total. The van der Waals surface area contributed by atoms with Gasteiger partial charge in [0, 0.05) is 0 Å². The van der Waals surface area contributed by atoms with Crippen molar-refractivity contribution in [2.75, 3.05) is 6.54 Å². The molecule has 0 heterocycles. The number of hydrogen-bond acceptors (Lipinski definition) is 2. The topological polar surface area (TPSA) is 29.1 Å². The molecule has 0 aromatic heterocycles. The van der Waals surface area contributed by atoms with E-state index in [1.807, 2.05) is 0 Å². The molecule has 0 saturated carbocycles. The summed E-state index contributed by atoms with van der Waals surface area (Å²) in [4.78, 5) is 11.2. The second kappa shape index (κ2) is 3.92. The van der Waals surface area contributed by atoms with Crippen LogP contribution in [0.1, 0.15) is 0 Å². The number of halogens is 1. The fraction of sp³-hybridized carbons (Fsp3) is 0.500. The molecule has 0 aliphatic rings. The SMILES string of the molecule is O=[C]CNCl. The minimum absolute atomic E-state index is 0.0988. The predicted octanol–water partition coefficient (Wildman–Crippen LogP) is -0.161. The highest BCUT2D eigenvalue weighted by atomic mass is 35.5. The molecular weight excluding hydrogens is 89.5 g/mol. The zero-order chi connectivity index (χ0) is 4.12. The molecule has 0 amide bonds. The molecule has 0 rings (SSSR count). The number of hydrogen-bond donors (Lipinski definition) is 1. The molecule has 2 nitrogen and oxygen atoms in total. The maximum atomic E-state index is 9.13. The standard InChI is InChI=1S/C2H3ClNO/c3-4-1-2-5/h4H,1H2. The Labute approximate surface area is 35.2 Å². The average molecular weight is 92.5 g/mol. The van der Waals surface area contributed by atoms with Gasteiger partial charge >= 0.3 is 0 Å². The van der Waals surface area contributed by atoms with Gasteiger partial charge in [-0.2, -0.15) is 0 Å². The molecule has 0 aromatic carbocycles. The molecule has 0 unspecified atom stereocenters. The zero-order valence-electron chi connectivity index (χ0n) is 2.49. The highest BCUT2D eigenvalue weighted by Gasteiger charge is 1.67. The Hall–Kier alpha value is -0.0800. The lowest BCUT2D eigenvalue weighted by Crippen LogP contribution is -1.99. The van der Waals surface area contributed by atoms with Gasteiger partial charge in [-0.15, -0.1) is 0 Å². The van der Waals surface area contributed by atoms with E-state index in [1.165, 1.54) is 6.29 Å². The lowest BCUT2D eigenvalue weighted by Gasteiger charge is -1.70. The molecule has 5 heavy (non-hydrogen) atoms. The van der Waals surface area contributed by atoms with Gasteiger partial charge in [0.2, 0.25) is 6.29 Å². The van der Waals surface area contributed by atoms with Crippen molar-refractivity contribution >= 4 is 18.1 Å². The molecule has 0 spiro atoms. The molecule has 1 radical (unpaired) electrons. The van der Waals surface area contributed by atoms with Gasteiger partial charge in [0.05, 0.1) is 6.54 Å². The molecular formula is C2H3ClNO. The second-order valence-corrected chi connectivity index (χ2v) is 0.722. The molecule has 0 saturated heterocycles. The number of carbonyl (C=O) groups excluding carboxylic acids is 1. The third-order valence-electron chi connectivity index (χ3n) is 0.139. The van der Waals surface area contributed by atoms with Crippen LogP contribution >= 0.6 is 11.8 Å². The Morgan fingerprint density at radius 3 is 2.60 bits per heavy atom. The Morgan fingerprint density at radius 1 is 2.00 bits per heavy atom. The third kappa shape index (κ3) is 3.92. The van der Waals surface area contributed by atoms with Crippen molar-refractivity contribution in [3.8, 4) is 0 Å². The van der Waals surface area contributed by atoms with Crippen LogP contribution in [0.15, 0.2) is 0 Å². The van der Waals surface area contributed by atoms with Crippen LogP contribution in [0.4, 0.5) is 0 Å². The largest absolute Gasteiger partial charge is 0.289 e. The van der Waals surface area contributed by atoms with Crippen molar-refractivity contribution in [1.29, 1.82) is 0 Å². The summed E-state index contributed by atoms with van der Waals surface area (Å²) in [5.41, 5.74) is 0. The molecule has 3 heteroatoms. The Bertz CT molecular complexity index is 30.8. The van der Waals surface area contributed by atoms with Gasteiger partial charge in [-0.05, 0) is 11.8 Å². The monoisotopic (exact) mass is 92.0 g/mol. The molecule has 0 fully saturated rings. The van der Waals surface area contributed by atoms with Crippen LogP contribution in [0.25, 0.3) is 0 Å². The fourth-order valence-corrected chi connectivity index (χ4v) is 0.0818. The maximum Gasteiger partial charge on any atom is 0.214 e. The van der Waals surface area contributed by atoms with Crippen LogP contribution in [0.2, 0.25) is 0 Å². The van der Waals surface area contributed by atoms with Crippen molar-refractivity contribution in [2.45, 2.75) is 0 Å². The van der Waals surface area contributed by atoms with Gasteiger partial charge in [-0.1, -0.05) is 0 Å². The first-order valence-corrected chi connectivity index (χ1v) is 1.48. The van der Waals surface area contributed by atoms with Crippen LogP contribution in [0.5, 0.6) is 0 Å². The lowest BCUT2D eigenvalue weighted by atomic mass is 10.8. The maximum absolute atomic E-state index is 9.13. The first-order valence-electron chi connectivity index (χ1n) is 1.10. The summed E-state index contributed by atoms with van der Waals surface area (Å²) < 4.78 is 0. The van der Waals surface area contributed by atoms with Gasteiger partial charge in [0.15, 0.2) is 0 Å². The van der Waals surface area contributed by atoms with Crippen molar-refractivity contribution in [1.82, 2.24) is 4.84 Å². The van der Waals surface area contributed by atoms with Gasteiger partial charge in [0.25, 0.3) is 0 Å². The summed E-state index contributed by atoms with van der Waals surface area (Å²) in [6.45, 7) is 0.0988. The summed E-state index contributed by atoms with van der Waals surface area (Å²) in [6, 6.07) is 0. The van der Waals surface area contributed by atoms with E-state index in [9.17, 15) is 0 Å². The minimum atomic E-state index is 0.0988. The van der Waals surface area contributed by atoms with Gasteiger partial charge in [-0.25, -0.2) is 4.84 Å². The van der Waals surface area contributed by atoms with Crippen LogP contribution in [0.3, 0.4) is 0 Å². The zero-order valence-corrected chi connectivity index (χ0v) is 3.25. The molecule has 29 valence electrons. The molecule has 0 aromatic rings. The fourth-order valence-electron chi connectivity index (χ4n) is 0.0273. The smallest absolute Gasteiger partial charge is 0.214 e. The van der Waals surface area contributed by atoms with E-state index in [1.54, 1.807) is 0 Å². The van der Waals surface area contributed by atoms with E-state index in [2.05, 4.69) is 4.84 Å². The summed E-state index contributed by atoms with van der Waals surface area (Å²) >= 11 is 4.79. The van der Waals surface area contributed by atoms with Crippen molar-refractivity contribution in [3.05, 3.63) is 0 Å². The first kappa shape index (κ1) is 4.92. The van der Waals surface area contributed by atoms with Gasteiger partial charge in [0.1, 0.15) is 0 Å². The van der Waals surface area contributed by atoms with E-state index in [-0.39, 0.29) is 6.54 Å². The van der Waals surface area contributed by atoms with E-state index < -0.39 is 0 Å². The third-order valence-corrected chi connectivity index (χ3v) is 0.273. The van der Waals surface area contributed by atoms with Gasteiger partial charge in [-0.3, -0.25) is 4.79 Å². The number of nitrogens with one attached hydrogen (secondary N) is 1. The minimum Gasteiger partial charge on any atom is -0.289 e. The highest BCUT2D eigenvalue weighted by Crippen LogP contribution is 1.50. The molecule has 0 aliphatic carbocycles. The van der Waals surface area contributed by atoms with Crippen LogP contribution < -0.4 is 4.84 Å². The Balaban J connectivity index is 2.40. The highest BCUT2D eigenvalue weighted by molar-refractivity contribution is 6.14. The van der Waals surface area contributed by atoms with Crippen LogP contribution in [0, 0.1) is 0 Å². The van der Waals surface area contributed by atoms with Crippen molar-refractivity contribution in [3.63, 3.8) is 0 Å². The van der Waals surface area contributed by atoms with E-state index in [0.29, 0.717) is 0 Å². The Morgan fingerprint density at radius 2 is 2.60 bits per heavy atom. The van der Waals surface area contributed by atoms with Gasteiger partial charge < -0.3 is 0 Å². The Kier molecular flexibility index (Phi) is 3.86. The van der Waals surface area contributed by atoms with Crippen LogP contribution in [-0.2, 0) is 4.79 Å². The molecule has 0 bridgehead atoms. The molecule has 0 aliphatic heterocycles. The first-order chi connectivity index (χ1) is 2.41. The predicted molar refractivity (Wildman–Crippen MR) is 19.5 cm³/mol. The normalized spacial score (nSPS) is 7.40. The summed E-state index contributed by atoms with van der Waals surface area (Å²) in [5.74, 6) is 0. The number of rotatable bonds is 2. The molecule has 0 atom stereocenters. The summed E-state index contributed by atoms with van der Waals surface area (Å²) in [6.07, 6.45) is 1.52.